The van der Waals surface area contributed by atoms with Crippen molar-refractivity contribution in [1.29, 1.82) is 0 Å². The number of aromatic nitrogens is 2. The average molecular weight is 337 g/mol. The van der Waals surface area contributed by atoms with E-state index in [1.165, 1.54) is 14.1 Å². The Kier molecular flexibility index (Phi) is 4.74. The zero-order valence-electron chi connectivity index (χ0n) is 13.2. The van der Waals surface area contributed by atoms with Crippen molar-refractivity contribution in [3.05, 3.63) is 56.9 Å². The maximum atomic E-state index is 12.4. The molecule has 0 spiro atoms. The van der Waals surface area contributed by atoms with E-state index in [4.69, 9.17) is 0 Å². The number of benzene rings is 1. The Morgan fingerprint density at radius 2 is 1.70 bits per heavy atom. The van der Waals surface area contributed by atoms with Crippen molar-refractivity contribution in [3.63, 3.8) is 0 Å². The van der Waals surface area contributed by atoms with Gasteiger partial charge in [0, 0.05) is 26.0 Å². The molecule has 0 unspecified atom stereocenters. The van der Waals surface area contributed by atoms with E-state index in [1.54, 1.807) is 12.1 Å². The van der Waals surface area contributed by atoms with E-state index in [0.717, 1.165) is 33.7 Å². The van der Waals surface area contributed by atoms with Gasteiger partial charge in [-0.05, 0) is 24.1 Å². The Morgan fingerprint density at radius 3 is 2.26 bits per heavy atom. The molecule has 2 aromatic rings. The molecular weight excluding hydrogens is 318 g/mol. The minimum atomic E-state index is -4.07. The zero-order valence-corrected chi connectivity index (χ0v) is 14.1. The third-order valence-electron chi connectivity index (χ3n) is 3.45. The van der Waals surface area contributed by atoms with Crippen molar-refractivity contribution in [1.82, 2.24) is 9.13 Å². The molecule has 23 heavy (non-hydrogen) atoms. The van der Waals surface area contributed by atoms with Crippen LogP contribution in [0.1, 0.15) is 18.9 Å². The van der Waals surface area contributed by atoms with Gasteiger partial charge in [0.2, 0.25) is 0 Å². The first-order chi connectivity index (χ1) is 10.8. The Labute approximate surface area is 134 Å². The van der Waals surface area contributed by atoms with Crippen LogP contribution in [0.25, 0.3) is 0 Å². The third-order valence-corrected chi connectivity index (χ3v) is 4.81. The number of hydrogen-bond donors (Lipinski definition) is 1. The van der Waals surface area contributed by atoms with Gasteiger partial charge in [0.25, 0.3) is 15.6 Å². The van der Waals surface area contributed by atoms with Crippen molar-refractivity contribution in [2.24, 2.45) is 14.1 Å². The van der Waals surface area contributed by atoms with E-state index in [1.807, 2.05) is 12.1 Å². The van der Waals surface area contributed by atoms with Crippen molar-refractivity contribution >= 4 is 15.7 Å². The van der Waals surface area contributed by atoms with Crippen molar-refractivity contribution < 1.29 is 8.42 Å². The molecule has 124 valence electrons. The van der Waals surface area contributed by atoms with Crippen LogP contribution in [-0.4, -0.2) is 17.6 Å². The van der Waals surface area contributed by atoms with Crippen LogP contribution >= 0.6 is 0 Å². The van der Waals surface area contributed by atoms with Gasteiger partial charge >= 0.3 is 5.69 Å². The Bertz CT molecular complexity index is 925. The van der Waals surface area contributed by atoms with E-state index >= 15 is 0 Å². The lowest BCUT2D eigenvalue weighted by Gasteiger charge is -2.10. The monoisotopic (exact) mass is 337 g/mol. The summed E-state index contributed by atoms with van der Waals surface area (Å²) in [6.07, 6.45) is 2.94. The lowest BCUT2D eigenvalue weighted by atomic mass is 10.1. The van der Waals surface area contributed by atoms with Crippen LogP contribution < -0.4 is 16.0 Å². The molecule has 0 radical (unpaired) electrons. The fourth-order valence-corrected chi connectivity index (χ4v) is 3.42. The maximum Gasteiger partial charge on any atom is 0.330 e. The number of aryl methyl sites for hydroxylation is 2. The van der Waals surface area contributed by atoms with Gasteiger partial charge in [0.1, 0.15) is 0 Å². The van der Waals surface area contributed by atoms with Gasteiger partial charge in [-0.2, -0.15) is 0 Å². The normalized spacial score (nSPS) is 11.4. The second-order valence-corrected chi connectivity index (χ2v) is 6.95. The first-order valence-electron chi connectivity index (χ1n) is 7.14. The summed E-state index contributed by atoms with van der Waals surface area (Å²) < 4.78 is 29.0. The molecule has 0 saturated heterocycles. The summed E-state index contributed by atoms with van der Waals surface area (Å²) in [7, 11) is -1.45. The molecule has 0 aliphatic heterocycles. The van der Waals surface area contributed by atoms with E-state index < -0.39 is 26.2 Å². The minimum Gasteiger partial charge on any atom is -0.302 e. The zero-order chi connectivity index (χ0) is 17.2. The first-order valence-corrected chi connectivity index (χ1v) is 8.63. The summed E-state index contributed by atoms with van der Waals surface area (Å²) in [6.45, 7) is 2.06. The van der Waals surface area contributed by atoms with E-state index in [0.29, 0.717) is 5.69 Å². The summed E-state index contributed by atoms with van der Waals surface area (Å²) in [5.74, 6) is 0. The molecule has 1 heterocycles. The number of nitrogens with zero attached hydrogens (tertiary/aromatic N) is 2. The summed E-state index contributed by atoms with van der Waals surface area (Å²) in [4.78, 5) is 23.2. The molecular formula is C15H19N3O4S. The smallest absolute Gasteiger partial charge is 0.302 e. The minimum absolute atomic E-state index is 0.362. The molecule has 0 atom stereocenters. The maximum absolute atomic E-state index is 12.4. The van der Waals surface area contributed by atoms with Gasteiger partial charge in [0.15, 0.2) is 4.90 Å². The second kappa shape index (κ2) is 6.41. The van der Waals surface area contributed by atoms with Crippen LogP contribution in [0.15, 0.2) is 44.9 Å². The molecule has 2 rings (SSSR count). The molecule has 0 fully saturated rings. The molecule has 0 aliphatic rings. The van der Waals surface area contributed by atoms with Crippen molar-refractivity contribution in [3.8, 4) is 0 Å². The number of rotatable bonds is 5. The van der Waals surface area contributed by atoms with Crippen LogP contribution in [-0.2, 0) is 30.5 Å². The molecule has 0 saturated carbocycles. The van der Waals surface area contributed by atoms with E-state index in [9.17, 15) is 18.0 Å². The molecule has 7 nitrogen and oxygen atoms in total. The van der Waals surface area contributed by atoms with Gasteiger partial charge in [-0.3, -0.25) is 14.1 Å². The standard InChI is InChI=1S/C15H19N3O4S/c1-4-5-11-6-8-12(9-7-11)16-23(21,22)13-10-17(2)15(20)18(3)14(13)19/h6-10,16H,4-5H2,1-3H3. The molecule has 8 heteroatoms. The lowest BCUT2D eigenvalue weighted by Crippen LogP contribution is -2.40. The van der Waals surface area contributed by atoms with Crippen LogP contribution in [0.3, 0.4) is 0 Å². The fourth-order valence-electron chi connectivity index (χ4n) is 2.20. The number of sulfonamides is 1. The molecule has 1 N–H and O–H groups in total. The van der Waals surface area contributed by atoms with Gasteiger partial charge < -0.3 is 4.57 Å². The van der Waals surface area contributed by atoms with Gasteiger partial charge in [-0.15, -0.1) is 0 Å². The summed E-state index contributed by atoms with van der Waals surface area (Å²) in [6, 6.07) is 6.96. The van der Waals surface area contributed by atoms with Crippen molar-refractivity contribution in [2.75, 3.05) is 4.72 Å². The topological polar surface area (TPSA) is 90.2 Å². The molecule has 1 aromatic carbocycles. The average Bonchev–Trinajstić information content (AvgIpc) is 2.50. The summed E-state index contributed by atoms with van der Waals surface area (Å²) in [5, 5.41) is 0. The van der Waals surface area contributed by atoms with Crippen LogP contribution in [0, 0.1) is 0 Å². The number of nitrogens with one attached hydrogen (secondary N) is 1. The highest BCUT2D eigenvalue weighted by Crippen LogP contribution is 2.15. The number of hydrogen-bond acceptors (Lipinski definition) is 4. The SMILES string of the molecule is CCCc1ccc(NS(=O)(=O)c2cn(C)c(=O)n(C)c2=O)cc1. The predicted molar refractivity (Wildman–Crippen MR) is 88.2 cm³/mol. The summed E-state index contributed by atoms with van der Waals surface area (Å²) in [5.41, 5.74) is 0.0234. The van der Waals surface area contributed by atoms with Gasteiger partial charge in [-0.1, -0.05) is 25.5 Å². The van der Waals surface area contributed by atoms with Gasteiger partial charge in [0.05, 0.1) is 0 Å². The molecule has 0 bridgehead atoms. The predicted octanol–water partition coefficient (Wildman–Crippen LogP) is 0.837. The lowest BCUT2D eigenvalue weighted by molar-refractivity contribution is 0.589. The Balaban J connectivity index is 2.40. The fraction of sp³-hybridized carbons (Fsp3) is 0.333. The highest BCUT2D eigenvalue weighted by Gasteiger charge is 2.21. The van der Waals surface area contributed by atoms with Crippen LogP contribution in [0.5, 0.6) is 0 Å². The van der Waals surface area contributed by atoms with E-state index in [-0.39, 0.29) is 0 Å². The van der Waals surface area contributed by atoms with E-state index in [2.05, 4.69) is 11.6 Å². The first kappa shape index (κ1) is 17.0. The highest BCUT2D eigenvalue weighted by molar-refractivity contribution is 7.92. The van der Waals surface area contributed by atoms with Crippen LogP contribution in [0.4, 0.5) is 5.69 Å². The Morgan fingerprint density at radius 1 is 1.09 bits per heavy atom. The third kappa shape index (κ3) is 3.53. The van der Waals surface area contributed by atoms with Crippen LogP contribution in [0.2, 0.25) is 0 Å². The quantitative estimate of drug-likeness (QED) is 0.875. The largest absolute Gasteiger partial charge is 0.330 e. The molecule has 0 amide bonds. The van der Waals surface area contributed by atoms with Gasteiger partial charge in [-0.25, -0.2) is 13.2 Å². The molecule has 0 aliphatic carbocycles. The second-order valence-electron chi connectivity index (χ2n) is 5.30. The Hall–Kier alpha value is -2.35. The summed E-state index contributed by atoms with van der Waals surface area (Å²) >= 11 is 0. The van der Waals surface area contributed by atoms with Crippen molar-refractivity contribution in [2.45, 2.75) is 24.7 Å². The number of anilines is 1. The molecule has 1 aromatic heterocycles. The highest BCUT2D eigenvalue weighted by atomic mass is 32.2.